The number of anilines is 1. The number of methoxy groups -OCH3 is 1. The Morgan fingerprint density at radius 2 is 1.89 bits per heavy atom. The Hall–Kier alpha value is -3.53. The van der Waals surface area contributed by atoms with Gasteiger partial charge in [0.05, 0.1) is 12.5 Å². The SMILES string of the molecule is COc1c(N2C[C@H]([C@@H](N)COc3ccccc3)[C@H](C)C2)c(F)cc2c(=O)n(N)c(=O)n(C3CC3)c12. The zero-order chi connectivity index (χ0) is 24.9. The number of benzene rings is 2. The lowest BCUT2D eigenvalue weighted by Crippen LogP contribution is -2.44. The predicted octanol–water partition coefficient (Wildman–Crippen LogP) is 1.84. The molecule has 0 bridgehead atoms. The van der Waals surface area contributed by atoms with Crippen LogP contribution in [0.4, 0.5) is 10.1 Å². The molecule has 1 aliphatic carbocycles. The first-order valence-corrected chi connectivity index (χ1v) is 11.8. The highest BCUT2D eigenvalue weighted by Crippen LogP contribution is 2.44. The number of halogens is 1. The van der Waals surface area contributed by atoms with Gasteiger partial charge in [-0.3, -0.25) is 9.36 Å². The molecule has 35 heavy (non-hydrogen) atoms. The van der Waals surface area contributed by atoms with Crippen molar-refractivity contribution in [3.05, 3.63) is 63.1 Å². The summed E-state index contributed by atoms with van der Waals surface area (Å²) < 4.78 is 29.1. The number of rotatable bonds is 7. The van der Waals surface area contributed by atoms with Crippen molar-refractivity contribution in [2.24, 2.45) is 17.6 Å². The lowest BCUT2D eigenvalue weighted by molar-refractivity contribution is 0.233. The Bertz CT molecular complexity index is 1370. The number of fused-ring (bicyclic) bond motifs is 1. The third-order valence-corrected chi connectivity index (χ3v) is 7.12. The largest absolute Gasteiger partial charge is 0.492 e. The summed E-state index contributed by atoms with van der Waals surface area (Å²) in [5.74, 6) is 6.24. The van der Waals surface area contributed by atoms with Crippen molar-refractivity contribution in [2.75, 3.05) is 37.5 Å². The first kappa shape index (κ1) is 23.2. The summed E-state index contributed by atoms with van der Waals surface area (Å²) in [5, 5.41) is 0.0221. The Morgan fingerprint density at radius 3 is 2.54 bits per heavy atom. The van der Waals surface area contributed by atoms with Crippen LogP contribution in [-0.4, -0.2) is 42.1 Å². The summed E-state index contributed by atoms with van der Waals surface area (Å²) in [4.78, 5) is 27.5. The number of hydrogen-bond acceptors (Lipinski definition) is 7. The summed E-state index contributed by atoms with van der Waals surface area (Å²) in [6, 6.07) is 10.3. The second-order valence-corrected chi connectivity index (χ2v) is 9.53. The minimum Gasteiger partial charge on any atom is -0.492 e. The molecule has 2 heterocycles. The Balaban J connectivity index is 1.51. The van der Waals surface area contributed by atoms with Gasteiger partial charge in [-0.05, 0) is 42.9 Å². The highest BCUT2D eigenvalue weighted by molar-refractivity contribution is 5.91. The van der Waals surface area contributed by atoms with Gasteiger partial charge in [-0.2, -0.15) is 4.68 Å². The first-order valence-electron chi connectivity index (χ1n) is 11.8. The lowest BCUT2D eigenvalue weighted by Gasteiger charge is -2.25. The van der Waals surface area contributed by atoms with E-state index in [1.54, 1.807) is 0 Å². The van der Waals surface area contributed by atoms with Gasteiger partial charge in [-0.15, -0.1) is 0 Å². The van der Waals surface area contributed by atoms with E-state index in [0.717, 1.165) is 24.7 Å². The molecular weight excluding hydrogens is 453 g/mol. The van der Waals surface area contributed by atoms with Crippen LogP contribution in [0.25, 0.3) is 10.9 Å². The Labute approximate surface area is 201 Å². The fourth-order valence-corrected chi connectivity index (χ4v) is 5.16. The van der Waals surface area contributed by atoms with Crippen LogP contribution >= 0.6 is 0 Å². The van der Waals surface area contributed by atoms with Crippen molar-refractivity contribution < 1.29 is 13.9 Å². The average Bonchev–Trinajstić information content (AvgIpc) is 3.62. The molecule has 5 rings (SSSR count). The summed E-state index contributed by atoms with van der Waals surface area (Å²) >= 11 is 0. The molecule has 0 spiro atoms. The van der Waals surface area contributed by atoms with E-state index in [-0.39, 0.29) is 46.3 Å². The van der Waals surface area contributed by atoms with Gasteiger partial charge < -0.3 is 25.9 Å². The minimum atomic E-state index is -0.751. The molecule has 3 atom stereocenters. The quantitative estimate of drug-likeness (QED) is 0.493. The molecule has 186 valence electrons. The number of ether oxygens (including phenoxy) is 2. The lowest BCUT2D eigenvalue weighted by atomic mass is 9.91. The zero-order valence-electron chi connectivity index (χ0n) is 19.8. The molecule has 2 aliphatic rings. The van der Waals surface area contributed by atoms with Crippen molar-refractivity contribution in [1.29, 1.82) is 0 Å². The van der Waals surface area contributed by atoms with Crippen molar-refractivity contribution >= 4 is 16.6 Å². The molecule has 0 amide bonds. The van der Waals surface area contributed by atoms with Gasteiger partial charge in [0.25, 0.3) is 5.56 Å². The molecule has 1 aromatic heterocycles. The topological polar surface area (TPSA) is 118 Å². The van der Waals surface area contributed by atoms with Gasteiger partial charge in [-0.1, -0.05) is 25.1 Å². The minimum absolute atomic E-state index is 0.0221. The van der Waals surface area contributed by atoms with Gasteiger partial charge in [0, 0.05) is 25.2 Å². The molecule has 9 nitrogen and oxygen atoms in total. The first-order chi connectivity index (χ1) is 16.8. The van der Waals surface area contributed by atoms with Crippen LogP contribution in [0.2, 0.25) is 0 Å². The third-order valence-electron chi connectivity index (χ3n) is 7.12. The van der Waals surface area contributed by atoms with Crippen molar-refractivity contribution in [1.82, 2.24) is 9.24 Å². The Morgan fingerprint density at radius 1 is 1.17 bits per heavy atom. The third kappa shape index (κ3) is 4.01. The van der Waals surface area contributed by atoms with Crippen LogP contribution in [-0.2, 0) is 0 Å². The van der Waals surface area contributed by atoms with E-state index in [1.165, 1.54) is 11.7 Å². The summed E-state index contributed by atoms with van der Waals surface area (Å²) in [5.41, 5.74) is 5.64. The van der Waals surface area contributed by atoms with Gasteiger partial charge in [-0.25, -0.2) is 9.18 Å². The average molecular weight is 484 g/mol. The standard InChI is InChI=1S/C25H30FN5O4/c1-14-11-29(12-18(14)20(27)13-35-16-6-4-3-5-7-16)22-19(26)10-17-21(23(22)34-2)30(15-8-9-15)25(33)31(28)24(17)32/h3-7,10,14-15,18,20H,8-9,11-13,27-28H2,1-2H3/t14-,18+,20+/m1/s1. The van der Waals surface area contributed by atoms with Crippen LogP contribution in [0.15, 0.2) is 46.0 Å². The van der Waals surface area contributed by atoms with Crippen molar-refractivity contribution in [2.45, 2.75) is 31.8 Å². The maximum absolute atomic E-state index is 15.6. The molecule has 1 aliphatic heterocycles. The number of hydrogen-bond donors (Lipinski definition) is 2. The molecule has 1 saturated heterocycles. The number of nitrogens with two attached hydrogens (primary N) is 2. The second kappa shape index (κ2) is 8.92. The fraction of sp³-hybridized carbons (Fsp3) is 0.440. The molecule has 1 saturated carbocycles. The van der Waals surface area contributed by atoms with E-state index in [0.29, 0.717) is 24.4 Å². The second-order valence-electron chi connectivity index (χ2n) is 9.53. The Kier molecular flexibility index (Phi) is 5.92. The van der Waals surface area contributed by atoms with Crippen LogP contribution in [0, 0.1) is 17.7 Å². The summed E-state index contributed by atoms with van der Waals surface area (Å²) in [6.07, 6.45) is 1.56. The van der Waals surface area contributed by atoms with E-state index in [1.807, 2.05) is 35.2 Å². The number of nitrogens with zero attached hydrogens (tertiary/aromatic N) is 3. The van der Waals surface area contributed by atoms with Crippen LogP contribution in [0.1, 0.15) is 25.8 Å². The molecule has 0 radical (unpaired) electrons. The van der Waals surface area contributed by atoms with Gasteiger partial charge >= 0.3 is 5.69 Å². The summed E-state index contributed by atoms with van der Waals surface area (Å²) in [6.45, 7) is 3.44. The van der Waals surface area contributed by atoms with Gasteiger partial charge in [0.15, 0.2) is 11.6 Å². The van der Waals surface area contributed by atoms with Crippen LogP contribution in [0.3, 0.4) is 0 Å². The van der Waals surface area contributed by atoms with Gasteiger partial charge in [0.2, 0.25) is 0 Å². The number of nitrogen functional groups attached to an aromatic ring is 1. The highest BCUT2D eigenvalue weighted by Gasteiger charge is 2.38. The number of para-hydroxylation sites is 1. The van der Waals surface area contributed by atoms with Gasteiger partial charge in [0.1, 0.15) is 23.6 Å². The molecule has 2 fully saturated rings. The molecular formula is C25H30FN5O4. The van der Waals surface area contributed by atoms with E-state index >= 15 is 4.39 Å². The monoisotopic (exact) mass is 483 g/mol. The summed E-state index contributed by atoms with van der Waals surface area (Å²) in [7, 11) is 1.42. The maximum atomic E-state index is 15.6. The molecule has 4 N–H and O–H groups in total. The fourth-order valence-electron chi connectivity index (χ4n) is 5.16. The van der Waals surface area contributed by atoms with E-state index in [9.17, 15) is 9.59 Å². The van der Waals surface area contributed by atoms with E-state index in [4.69, 9.17) is 21.1 Å². The molecule has 10 heteroatoms. The maximum Gasteiger partial charge on any atom is 0.350 e. The van der Waals surface area contributed by atoms with Crippen LogP contribution in [0.5, 0.6) is 11.5 Å². The van der Waals surface area contributed by atoms with Crippen molar-refractivity contribution in [3.8, 4) is 11.5 Å². The molecule has 2 aromatic carbocycles. The van der Waals surface area contributed by atoms with E-state index < -0.39 is 17.1 Å². The normalized spacial score (nSPS) is 20.9. The van der Waals surface area contributed by atoms with E-state index in [2.05, 4.69) is 6.92 Å². The number of aromatic nitrogens is 2. The predicted molar refractivity (Wildman–Crippen MR) is 132 cm³/mol. The van der Waals surface area contributed by atoms with Crippen molar-refractivity contribution in [3.63, 3.8) is 0 Å². The molecule has 3 aromatic rings. The van der Waals surface area contributed by atoms with Crippen LogP contribution < -0.4 is 37.2 Å². The zero-order valence-corrected chi connectivity index (χ0v) is 19.8. The smallest absolute Gasteiger partial charge is 0.350 e. The highest BCUT2D eigenvalue weighted by atomic mass is 19.1. The molecule has 0 unspecified atom stereocenters.